The third-order valence-corrected chi connectivity index (χ3v) is 4.99. The minimum absolute atomic E-state index is 0.0259. The van der Waals surface area contributed by atoms with Crippen LogP contribution in [0.25, 0.3) is 0 Å². The second-order valence-corrected chi connectivity index (χ2v) is 6.46. The van der Waals surface area contributed by atoms with Crippen molar-refractivity contribution < 1.29 is 17.9 Å². The average Bonchev–Trinajstić information content (AvgIpc) is 2.38. The molecule has 0 radical (unpaired) electrons. The molecule has 1 aromatic rings. The highest BCUT2D eigenvalue weighted by Crippen LogP contribution is 2.18. The maximum atomic E-state index is 12.3. The summed E-state index contributed by atoms with van der Waals surface area (Å²) in [5.74, 6) is -0.432. The summed E-state index contributed by atoms with van der Waals surface area (Å²) in [6, 6.07) is 6.15. The molecule has 1 aromatic carbocycles. The highest BCUT2D eigenvalue weighted by atomic mass is 32.2. The zero-order valence-electron chi connectivity index (χ0n) is 11.6. The van der Waals surface area contributed by atoms with E-state index in [1.807, 2.05) is 6.92 Å². The zero-order valence-corrected chi connectivity index (χ0v) is 12.4. The van der Waals surface area contributed by atoms with E-state index >= 15 is 0 Å². The normalized spacial score (nSPS) is 13.3. The summed E-state index contributed by atoms with van der Waals surface area (Å²) in [6.45, 7) is 3.56. The number of aryl methyl sites for hydroxylation is 1. The molecule has 0 heterocycles. The lowest BCUT2D eigenvalue weighted by atomic mass is 10.2. The highest BCUT2D eigenvalue weighted by molar-refractivity contribution is 7.89. The van der Waals surface area contributed by atoms with E-state index in [9.17, 15) is 13.2 Å². The van der Waals surface area contributed by atoms with Gasteiger partial charge in [-0.3, -0.25) is 4.79 Å². The molecule has 0 spiro atoms. The topological polar surface area (TPSA) is 63.7 Å². The predicted molar refractivity (Wildman–Crippen MR) is 72.2 cm³/mol. The van der Waals surface area contributed by atoms with E-state index in [4.69, 9.17) is 0 Å². The van der Waals surface area contributed by atoms with Crippen LogP contribution in [-0.4, -0.2) is 38.9 Å². The second-order valence-electron chi connectivity index (χ2n) is 4.46. The molecule has 0 aliphatic rings. The van der Waals surface area contributed by atoms with E-state index in [0.29, 0.717) is 0 Å². The van der Waals surface area contributed by atoms with E-state index in [0.717, 1.165) is 5.56 Å². The number of carbonyl (C=O) groups is 1. The summed E-state index contributed by atoms with van der Waals surface area (Å²) in [7, 11) is -0.841. The van der Waals surface area contributed by atoms with Crippen molar-refractivity contribution in [1.82, 2.24) is 4.31 Å². The monoisotopic (exact) mass is 285 g/mol. The number of esters is 1. The summed E-state index contributed by atoms with van der Waals surface area (Å²) in [5.41, 5.74) is 0.990. The van der Waals surface area contributed by atoms with Gasteiger partial charge in [0.1, 0.15) is 0 Å². The fraction of sp³-hybridized carbons (Fsp3) is 0.462. The molecule has 5 nitrogen and oxygen atoms in total. The molecule has 0 saturated carbocycles. The Kier molecular flexibility index (Phi) is 5.08. The third kappa shape index (κ3) is 3.78. The molecule has 6 heteroatoms. The van der Waals surface area contributed by atoms with Crippen LogP contribution in [-0.2, 0) is 19.6 Å². The molecule has 0 bridgehead atoms. The third-order valence-electron chi connectivity index (χ3n) is 3.01. The van der Waals surface area contributed by atoms with Gasteiger partial charge < -0.3 is 4.74 Å². The van der Waals surface area contributed by atoms with Gasteiger partial charge in [-0.1, -0.05) is 17.7 Å². The van der Waals surface area contributed by atoms with E-state index in [-0.39, 0.29) is 11.3 Å². The molecule has 0 aromatic heterocycles. The lowest BCUT2D eigenvalue weighted by Crippen LogP contribution is -2.36. The lowest BCUT2D eigenvalue weighted by Gasteiger charge is -2.23. The summed E-state index contributed by atoms with van der Waals surface area (Å²) in [5, 5.41) is 0. The molecule has 106 valence electrons. The first-order valence-corrected chi connectivity index (χ1v) is 7.34. The van der Waals surface area contributed by atoms with Gasteiger partial charge in [-0.2, -0.15) is 4.31 Å². The van der Waals surface area contributed by atoms with Gasteiger partial charge in [-0.15, -0.1) is 0 Å². The molecule has 0 unspecified atom stereocenters. The fourth-order valence-electron chi connectivity index (χ4n) is 1.57. The summed E-state index contributed by atoms with van der Waals surface area (Å²) >= 11 is 0. The summed E-state index contributed by atoms with van der Waals surface area (Å²) in [6.07, 6.45) is 0.0259. The van der Waals surface area contributed by atoms with Gasteiger partial charge in [-0.05, 0) is 26.0 Å². The van der Waals surface area contributed by atoms with Gasteiger partial charge in [0.25, 0.3) is 0 Å². The van der Waals surface area contributed by atoms with Gasteiger partial charge in [0, 0.05) is 13.1 Å². The summed E-state index contributed by atoms with van der Waals surface area (Å²) in [4.78, 5) is 11.4. The number of sulfonamides is 1. The van der Waals surface area contributed by atoms with Crippen molar-refractivity contribution in [2.24, 2.45) is 0 Å². The second kappa shape index (κ2) is 6.16. The number of hydrogen-bond acceptors (Lipinski definition) is 4. The number of ether oxygens (including phenoxy) is 1. The average molecular weight is 285 g/mol. The molecule has 0 fully saturated rings. The minimum atomic E-state index is -3.58. The molecule has 0 N–H and O–H groups in total. The van der Waals surface area contributed by atoms with Gasteiger partial charge >= 0.3 is 5.97 Å². The van der Waals surface area contributed by atoms with Crippen molar-refractivity contribution in [1.29, 1.82) is 0 Å². The van der Waals surface area contributed by atoms with Crippen LogP contribution < -0.4 is 0 Å². The van der Waals surface area contributed by atoms with Crippen LogP contribution in [0.1, 0.15) is 18.9 Å². The first-order valence-electron chi connectivity index (χ1n) is 5.90. The van der Waals surface area contributed by atoms with E-state index in [1.54, 1.807) is 31.2 Å². The van der Waals surface area contributed by atoms with Crippen molar-refractivity contribution >= 4 is 16.0 Å². The van der Waals surface area contributed by atoms with Gasteiger partial charge in [0.2, 0.25) is 10.0 Å². The van der Waals surface area contributed by atoms with Crippen LogP contribution >= 0.6 is 0 Å². The Balaban J connectivity index is 2.93. The van der Waals surface area contributed by atoms with Crippen LogP contribution in [0.5, 0.6) is 0 Å². The van der Waals surface area contributed by atoms with Gasteiger partial charge in [0.05, 0.1) is 18.4 Å². The maximum absolute atomic E-state index is 12.3. The van der Waals surface area contributed by atoms with Gasteiger partial charge in [0.15, 0.2) is 0 Å². The molecule has 0 aliphatic heterocycles. The standard InChI is InChI=1S/C13H19NO4S/c1-10-5-7-12(8-6-10)19(16,17)14(3)11(2)9-13(15)18-4/h5-8,11H,9H2,1-4H3/t11-/m0/s1. The molecule has 0 aliphatic carbocycles. The first-order chi connectivity index (χ1) is 8.78. The zero-order chi connectivity index (χ0) is 14.6. The molecule has 1 rings (SSSR count). The predicted octanol–water partition coefficient (Wildman–Crippen LogP) is 1.57. The Labute approximate surface area is 114 Å². The van der Waals surface area contributed by atoms with Crippen LogP contribution in [0.2, 0.25) is 0 Å². The van der Waals surface area contributed by atoms with Gasteiger partial charge in [-0.25, -0.2) is 8.42 Å². The fourth-order valence-corrected chi connectivity index (χ4v) is 2.93. The molecule has 0 saturated heterocycles. The lowest BCUT2D eigenvalue weighted by molar-refractivity contribution is -0.141. The SMILES string of the molecule is COC(=O)C[C@H](C)N(C)S(=O)(=O)c1ccc(C)cc1. The smallest absolute Gasteiger partial charge is 0.307 e. The Morgan fingerprint density at radius 2 is 1.84 bits per heavy atom. The van der Waals surface area contributed by atoms with Crippen molar-refractivity contribution in [2.45, 2.75) is 31.2 Å². The Morgan fingerprint density at radius 3 is 2.32 bits per heavy atom. The molecular formula is C13H19NO4S. The van der Waals surface area contributed by atoms with Crippen LogP contribution in [0.4, 0.5) is 0 Å². The number of methoxy groups -OCH3 is 1. The quantitative estimate of drug-likeness (QED) is 0.770. The molecule has 19 heavy (non-hydrogen) atoms. The Morgan fingerprint density at radius 1 is 1.32 bits per heavy atom. The van der Waals surface area contributed by atoms with E-state index in [1.165, 1.54) is 18.5 Å². The van der Waals surface area contributed by atoms with E-state index in [2.05, 4.69) is 4.74 Å². The number of carbonyl (C=O) groups excluding carboxylic acids is 1. The van der Waals surface area contributed by atoms with E-state index < -0.39 is 22.0 Å². The largest absolute Gasteiger partial charge is 0.469 e. The number of rotatable bonds is 5. The molecular weight excluding hydrogens is 266 g/mol. The Hall–Kier alpha value is -1.40. The van der Waals surface area contributed by atoms with Crippen molar-refractivity contribution in [3.63, 3.8) is 0 Å². The number of hydrogen-bond donors (Lipinski definition) is 0. The van der Waals surface area contributed by atoms with Crippen LogP contribution in [0.15, 0.2) is 29.2 Å². The Bertz CT molecular complexity index is 536. The van der Waals surface area contributed by atoms with Crippen LogP contribution in [0.3, 0.4) is 0 Å². The highest BCUT2D eigenvalue weighted by Gasteiger charge is 2.26. The maximum Gasteiger partial charge on any atom is 0.307 e. The number of nitrogens with zero attached hydrogens (tertiary/aromatic N) is 1. The van der Waals surface area contributed by atoms with Crippen molar-refractivity contribution in [3.05, 3.63) is 29.8 Å². The van der Waals surface area contributed by atoms with Crippen molar-refractivity contribution in [3.8, 4) is 0 Å². The number of benzene rings is 1. The minimum Gasteiger partial charge on any atom is -0.469 e. The molecule has 1 atom stereocenters. The van der Waals surface area contributed by atoms with Crippen molar-refractivity contribution in [2.75, 3.05) is 14.2 Å². The molecule has 0 amide bonds. The van der Waals surface area contributed by atoms with Crippen LogP contribution in [0, 0.1) is 6.92 Å². The summed E-state index contributed by atoms with van der Waals surface area (Å²) < 4.78 is 30.4. The first kappa shape index (κ1) is 15.7.